The quantitative estimate of drug-likeness (QED) is 0.648. The second-order valence-electron chi connectivity index (χ2n) is 3.20. The summed E-state index contributed by atoms with van der Waals surface area (Å²) in [6.45, 7) is 9.57. The first kappa shape index (κ1) is 11.5. The molecule has 1 radical (unpaired) electrons. The molecule has 3 nitrogen and oxygen atoms in total. The second-order valence-corrected chi connectivity index (χ2v) is 11.0. The molecule has 6 heteroatoms. The van der Waals surface area contributed by atoms with Crippen LogP contribution in [0.5, 0.6) is 0 Å². The highest BCUT2D eigenvalue weighted by molar-refractivity contribution is 6.73. The molecule has 11 heavy (non-hydrogen) atoms. The van der Waals surface area contributed by atoms with Gasteiger partial charge in [0.2, 0.25) is 0 Å². The molecule has 0 aromatic rings. The van der Waals surface area contributed by atoms with Crippen LogP contribution in [-0.2, 0) is 13.0 Å². The van der Waals surface area contributed by atoms with Crippen molar-refractivity contribution in [2.24, 2.45) is 0 Å². The number of hydrogen-bond donors (Lipinski definition) is 0. The van der Waals surface area contributed by atoms with Crippen LogP contribution in [0, 0.1) is 0 Å². The molecule has 0 aliphatic heterocycles. The van der Waals surface area contributed by atoms with Gasteiger partial charge in [-0.1, -0.05) is 0 Å². The maximum absolute atomic E-state index is 11.5. The van der Waals surface area contributed by atoms with Crippen LogP contribution in [0.4, 0.5) is 0 Å². The van der Waals surface area contributed by atoms with E-state index in [-0.39, 0.29) is 0 Å². The lowest BCUT2D eigenvalue weighted by Gasteiger charge is -2.22. The third-order valence-corrected chi connectivity index (χ3v) is 8.10. The molecule has 0 fully saturated rings. The normalized spacial score (nSPS) is 13.1. The summed E-state index contributed by atoms with van der Waals surface area (Å²) in [6, 6.07) is 0. The van der Waals surface area contributed by atoms with Gasteiger partial charge in [-0.15, -0.1) is 0 Å². The Labute approximate surface area is 73.2 Å². The van der Waals surface area contributed by atoms with Gasteiger partial charge in [0.05, 0.1) is 0 Å². The Bertz CT molecular complexity index is 104. The number of rotatable bonds is 4. The number of hydrogen-bond acceptors (Lipinski definition) is 2. The Morgan fingerprint density at radius 2 is 1.27 bits per heavy atom. The van der Waals surface area contributed by atoms with Crippen molar-refractivity contribution >= 4 is 26.9 Å². The van der Waals surface area contributed by atoms with E-state index in [9.17, 15) is 4.80 Å². The molecule has 0 rings (SSSR count). The molecule has 0 aliphatic rings. The van der Waals surface area contributed by atoms with E-state index in [1.807, 2.05) is 26.2 Å². The molecule has 67 valence electrons. The fraction of sp³-hybridized carbons (Fsp3) is 1.00. The first-order chi connectivity index (χ1) is 4.83. The van der Waals surface area contributed by atoms with Gasteiger partial charge in [0.25, 0.3) is 0 Å². The summed E-state index contributed by atoms with van der Waals surface area (Å²) in [5.41, 5.74) is 0. The molecule has 0 heterocycles. The highest BCUT2D eigenvalue weighted by Crippen LogP contribution is 2.07. The predicted molar refractivity (Wildman–Crippen MR) is 52.2 cm³/mol. The van der Waals surface area contributed by atoms with Crippen molar-refractivity contribution in [3.8, 4) is 0 Å². The van der Waals surface area contributed by atoms with Gasteiger partial charge in [-0.3, -0.25) is 0 Å². The van der Waals surface area contributed by atoms with E-state index < -0.39 is 26.9 Å². The van der Waals surface area contributed by atoms with E-state index in [0.29, 0.717) is 0 Å². The van der Waals surface area contributed by atoms with Crippen molar-refractivity contribution in [3.63, 3.8) is 0 Å². The van der Waals surface area contributed by atoms with Crippen molar-refractivity contribution < 1.29 is 13.0 Å². The Kier molecular flexibility index (Phi) is 4.75. The van der Waals surface area contributed by atoms with Gasteiger partial charge in [0.1, 0.15) is 0 Å². The lowest BCUT2D eigenvalue weighted by molar-refractivity contribution is 0.215. The molecule has 0 aliphatic carbocycles. The summed E-state index contributed by atoms with van der Waals surface area (Å²) < 4.78 is 10.6. The Hall–Kier alpha value is 0.531. The third kappa shape index (κ3) is 6.91. The van der Waals surface area contributed by atoms with Gasteiger partial charge in [0.15, 0.2) is 18.1 Å². The lowest BCUT2D eigenvalue weighted by Crippen LogP contribution is -2.44. The summed E-state index contributed by atoms with van der Waals surface area (Å²) in [7, 11) is -5.37. The minimum Gasteiger partial charge on any atom is -0.418 e. The minimum absolute atomic E-state index is 1.21. The van der Waals surface area contributed by atoms with E-state index >= 15 is 0 Å². The standard InChI is InChI=1S/C5H17O3Si3/c1-9(2)7-11(5,6)8-10(3)4/h9-10H,1-5H3. The molecular weight excluding hydrogens is 192 g/mol. The van der Waals surface area contributed by atoms with E-state index in [2.05, 4.69) is 0 Å². The van der Waals surface area contributed by atoms with Crippen LogP contribution in [-0.4, -0.2) is 26.9 Å². The van der Waals surface area contributed by atoms with Crippen LogP contribution in [0.15, 0.2) is 0 Å². The van der Waals surface area contributed by atoms with Crippen LogP contribution in [0.1, 0.15) is 0 Å². The van der Waals surface area contributed by atoms with Crippen molar-refractivity contribution in [1.29, 1.82) is 0 Å². The van der Waals surface area contributed by atoms with Crippen molar-refractivity contribution in [2.45, 2.75) is 32.7 Å². The zero-order valence-electron chi connectivity index (χ0n) is 7.88. The monoisotopic (exact) mass is 209 g/mol. The zero-order valence-corrected chi connectivity index (χ0v) is 11.2. The third-order valence-electron chi connectivity index (χ3n) is 0.900. The van der Waals surface area contributed by atoms with Gasteiger partial charge >= 0.3 is 8.80 Å². The van der Waals surface area contributed by atoms with Gasteiger partial charge in [0, 0.05) is 6.55 Å². The highest BCUT2D eigenvalue weighted by atomic mass is 28.5. The minimum atomic E-state index is -2.96. The average molecular weight is 209 g/mol. The molecule has 0 saturated carbocycles. The summed E-state index contributed by atoms with van der Waals surface area (Å²) in [6.07, 6.45) is 0. The molecule has 0 unspecified atom stereocenters. The SMILES string of the molecule is C[SiH](C)O[Si](C)([O])O[SiH](C)C. The van der Waals surface area contributed by atoms with E-state index in [4.69, 9.17) is 8.23 Å². The summed E-state index contributed by atoms with van der Waals surface area (Å²) in [5.74, 6) is 0. The van der Waals surface area contributed by atoms with Crippen LogP contribution >= 0.6 is 0 Å². The first-order valence-electron chi connectivity index (χ1n) is 3.89. The zero-order chi connectivity index (χ0) is 9.07. The smallest absolute Gasteiger partial charge is 0.418 e. The maximum atomic E-state index is 11.5. The largest absolute Gasteiger partial charge is 0.504 e. The van der Waals surface area contributed by atoms with Gasteiger partial charge < -0.3 is 8.23 Å². The molecule has 0 amide bonds. The van der Waals surface area contributed by atoms with Crippen LogP contribution in [0.25, 0.3) is 0 Å². The summed E-state index contributed by atoms with van der Waals surface area (Å²) in [5, 5.41) is 0. The molecule has 0 aromatic carbocycles. The summed E-state index contributed by atoms with van der Waals surface area (Å²) >= 11 is 0. The van der Waals surface area contributed by atoms with E-state index in [0.717, 1.165) is 0 Å². The van der Waals surface area contributed by atoms with Crippen molar-refractivity contribution in [2.75, 3.05) is 0 Å². The van der Waals surface area contributed by atoms with Gasteiger partial charge in [-0.05, 0) is 26.2 Å². The summed E-state index contributed by atoms with van der Waals surface area (Å²) in [4.78, 5) is 11.5. The highest BCUT2D eigenvalue weighted by Gasteiger charge is 2.33. The van der Waals surface area contributed by atoms with Crippen LogP contribution in [0.2, 0.25) is 32.7 Å². The molecule has 0 bridgehead atoms. The average Bonchev–Trinajstić information content (AvgIpc) is 1.53. The fourth-order valence-corrected chi connectivity index (χ4v) is 8.46. The molecule has 0 N–H and O–H groups in total. The Morgan fingerprint density at radius 3 is 1.45 bits per heavy atom. The van der Waals surface area contributed by atoms with Crippen LogP contribution < -0.4 is 0 Å². The molecule has 0 aromatic heterocycles. The first-order valence-corrected chi connectivity index (χ1v) is 11.7. The maximum Gasteiger partial charge on any atom is 0.504 e. The Morgan fingerprint density at radius 1 is 1.00 bits per heavy atom. The fourth-order valence-electron chi connectivity index (χ4n) is 0.884. The molecule has 0 spiro atoms. The second kappa shape index (κ2) is 4.53. The van der Waals surface area contributed by atoms with Crippen LogP contribution in [0.3, 0.4) is 0 Å². The van der Waals surface area contributed by atoms with E-state index in [1.54, 1.807) is 6.55 Å². The van der Waals surface area contributed by atoms with Gasteiger partial charge in [-0.2, -0.15) is 0 Å². The van der Waals surface area contributed by atoms with E-state index in [1.165, 1.54) is 0 Å². The predicted octanol–water partition coefficient (Wildman–Crippen LogP) is 0.986. The van der Waals surface area contributed by atoms with Gasteiger partial charge in [-0.25, -0.2) is 4.80 Å². The molecular formula is C5H17O3Si3. The Balaban J connectivity index is 3.79. The molecule has 0 atom stereocenters. The molecule has 0 saturated heterocycles. The van der Waals surface area contributed by atoms with Crippen molar-refractivity contribution in [1.82, 2.24) is 0 Å². The lowest BCUT2D eigenvalue weighted by atomic mass is 11.9. The topological polar surface area (TPSA) is 38.4 Å². The van der Waals surface area contributed by atoms with Crippen molar-refractivity contribution in [3.05, 3.63) is 0 Å².